The highest BCUT2D eigenvalue weighted by molar-refractivity contribution is 5.72. The molecule has 4 heteroatoms. The lowest BCUT2D eigenvalue weighted by molar-refractivity contribution is -0.145. The minimum Gasteiger partial charge on any atom is -0.469 e. The van der Waals surface area contributed by atoms with E-state index >= 15 is 0 Å². The van der Waals surface area contributed by atoms with Gasteiger partial charge < -0.3 is 9.84 Å². The van der Waals surface area contributed by atoms with E-state index in [1.807, 2.05) is 0 Å². The zero-order valence-electron chi connectivity index (χ0n) is 15.3. The second kappa shape index (κ2) is 6.40. The largest absolute Gasteiger partial charge is 0.469 e. The molecule has 3 atom stereocenters. The molecule has 3 aliphatic rings. The van der Waals surface area contributed by atoms with Gasteiger partial charge in [0, 0.05) is 30.5 Å². The number of benzene rings is 1. The van der Waals surface area contributed by atoms with Gasteiger partial charge in [0.15, 0.2) is 0 Å². The van der Waals surface area contributed by atoms with E-state index in [1.165, 1.54) is 36.6 Å². The molecule has 2 aliphatic carbocycles. The van der Waals surface area contributed by atoms with E-state index in [0.717, 1.165) is 31.8 Å². The number of nitrogens with zero attached hydrogens (tertiary/aromatic N) is 1. The lowest BCUT2D eigenvalue weighted by atomic mass is 9.56. The molecule has 1 aromatic rings. The molecule has 4 nitrogen and oxygen atoms in total. The van der Waals surface area contributed by atoms with Crippen LogP contribution in [0.3, 0.4) is 0 Å². The van der Waals surface area contributed by atoms with Crippen LogP contribution in [0, 0.1) is 18.8 Å². The molecule has 1 saturated heterocycles. The third-order valence-corrected chi connectivity index (χ3v) is 6.79. The van der Waals surface area contributed by atoms with Gasteiger partial charge in [-0.25, -0.2) is 0 Å². The standard InChI is InChI=1S/C21H29NO3/c1-14-3-6-16-10-19-18(13-23)21(17(16)9-14,11-20(24)25-2)7-8-22(19)12-15-4-5-15/h3,6,9,15,18-19,23H,4-5,7-8,10-13H2,1-2H3/t18-,19+,21+/m0/s1. The van der Waals surface area contributed by atoms with Crippen molar-refractivity contribution in [2.24, 2.45) is 11.8 Å². The Bertz CT molecular complexity index is 669. The molecule has 4 rings (SSSR count). The first-order chi connectivity index (χ1) is 12.1. The molecule has 1 aliphatic heterocycles. The van der Waals surface area contributed by atoms with Crippen molar-refractivity contribution in [2.75, 3.05) is 26.8 Å². The van der Waals surface area contributed by atoms with Crippen LogP contribution in [0.15, 0.2) is 18.2 Å². The zero-order valence-corrected chi connectivity index (χ0v) is 15.3. The number of likely N-dealkylation sites (tertiary alicyclic amines) is 1. The maximum atomic E-state index is 12.3. The van der Waals surface area contributed by atoms with Crippen LogP contribution in [-0.2, 0) is 21.4 Å². The fourth-order valence-electron chi connectivity index (χ4n) is 5.28. The number of aryl methyl sites for hydroxylation is 1. The van der Waals surface area contributed by atoms with Crippen LogP contribution < -0.4 is 0 Å². The number of piperidine rings is 1. The number of methoxy groups -OCH3 is 1. The van der Waals surface area contributed by atoms with Gasteiger partial charge in [0.1, 0.15) is 0 Å². The lowest BCUT2D eigenvalue weighted by Gasteiger charge is -2.56. The van der Waals surface area contributed by atoms with Gasteiger partial charge >= 0.3 is 5.97 Å². The van der Waals surface area contributed by atoms with Crippen molar-refractivity contribution in [1.29, 1.82) is 0 Å². The summed E-state index contributed by atoms with van der Waals surface area (Å²) in [7, 11) is 1.46. The van der Waals surface area contributed by atoms with E-state index in [-0.39, 0.29) is 23.9 Å². The number of carbonyl (C=O) groups excluding carboxylic acids is 1. The summed E-state index contributed by atoms with van der Waals surface area (Å²) in [6.45, 7) is 4.41. The normalized spacial score (nSPS) is 31.5. The number of aliphatic hydroxyl groups is 1. The van der Waals surface area contributed by atoms with Crippen molar-refractivity contribution >= 4 is 5.97 Å². The third-order valence-electron chi connectivity index (χ3n) is 6.79. The van der Waals surface area contributed by atoms with E-state index in [2.05, 4.69) is 30.0 Å². The molecular formula is C21H29NO3. The Labute approximate surface area is 150 Å². The van der Waals surface area contributed by atoms with Crippen LogP contribution in [-0.4, -0.2) is 48.8 Å². The summed E-state index contributed by atoms with van der Waals surface area (Å²) < 4.78 is 5.04. The number of hydrogen-bond acceptors (Lipinski definition) is 4. The average Bonchev–Trinajstić information content (AvgIpc) is 3.42. The quantitative estimate of drug-likeness (QED) is 0.835. The van der Waals surface area contributed by atoms with Crippen LogP contribution in [0.2, 0.25) is 0 Å². The van der Waals surface area contributed by atoms with Crippen molar-refractivity contribution in [3.63, 3.8) is 0 Å². The van der Waals surface area contributed by atoms with Gasteiger partial charge in [-0.05, 0) is 56.2 Å². The number of esters is 1. The molecular weight excluding hydrogens is 314 g/mol. The smallest absolute Gasteiger partial charge is 0.306 e. The van der Waals surface area contributed by atoms with E-state index in [9.17, 15) is 9.90 Å². The molecule has 2 bridgehead atoms. The first kappa shape index (κ1) is 17.0. The fraction of sp³-hybridized carbons (Fsp3) is 0.667. The number of rotatable bonds is 5. The summed E-state index contributed by atoms with van der Waals surface area (Å²) in [5.74, 6) is 0.780. The SMILES string of the molecule is COC(=O)C[C@]12CCN(CC3CC3)[C@H](Cc3ccc(C)cc31)[C@@H]2CO. The van der Waals surface area contributed by atoms with Crippen molar-refractivity contribution in [1.82, 2.24) is 4.90 Å². The Balaban J connectivity index is 1.77. The summed E-state index contributed by atoms with van der Waals surface area (Å²) in [6, 6.07) is 6.98. The number of carbonyl (C=O) groups is 1. The average molecular weight is 343 g/mol. The predicted molar refractivity (Wildman–Crippen MR) is 96.5 cm³/mol. The van der Waals surface area contributed by atoms with Crippen LogP contribution in [0.5, 0.6) is 0 Å². The predicted octanol–water partition coefficient (Wildman–Crippen LogP) is 2.44. The third kappa shape index (κ3) is 2.89. The van der Waals surface area contributed by atoms with Crippen molar-refractivity contribution in [3.8, 4) is 0 Å². The van der Waals surface area contributed by atoms with Gasteiger partial charge in [0.2, 0.25) is 0 Å². The van der Waals surface area contributed by atoms with Gasteiger partial charge in [-0.15, -0.1) is 0 Å². The molecule has 25 heavy (non-hydrogen) atoms. The van der Waals surface area contributed by atoms with Crippen LogP contribution >= 0.6 is 0 Å². The highest BCUT2D eigenvalue weighted by Gasteiger charge is 2.54. The number of ether oxygens (including phenoxy) is 1. The summed E-state index contributed by atoms with van der Waals surface area (Å²) in [4.78, 5) is 14.9. The maximum absolute atomic E-state index is 12.3. The number of fused-ring (bicyclic) bond motifs is 4. The van der Waals surface area contributed by atoms with Gasteiger partial charge in [-0.3, -0.25) is 9.69 Å². The Morgan fingerprint density at radius 1 is 1.40 bits per heavy atom. The minimum atomic E-state index is -0.286. The Hall–Kier alpha value is -1.39. The molecule has 2 fully saturated rings. The van der Waals surface area contributed by atoms with Crippen molar-refractivity contribution in [3.05, 3.63) is 34.9 Å². The molecule has 136 valence electrons. The lowest BCUT2D eigenvalue weighted by Crippen LogP contribution is -2.62. The van der Waals surface area contributed by atoms with E-state index in [1.54, 1.807) is 0 Å². The Morgan fingerprint density at radius 3 is 2.88 bits per heavy atom. The topological polar surface area (TPSA) is 49.8 Å². The van der Waals surface area contributed by atoms with Gasteiger partial charge in [-0.1, -0.05) is 23.8 Å². The van der Waals surface area contributed by atoms with E-state index < -0.39 is 0 Å². The van der Waals surface area contributed by atoms with Gasteiger partial charge in [0.05, 0.1) is 13.5 Å². The second-order valence-corrected chi connectivity index (χ2v) is 8.32. The summed E-state index contributed by atoms with van der Waals surface area (Å²) in [6.07, 6.45) is 4.97. The highest BCUT2D eigenvalue weighted by Crippen LogP contribution is 2.51. The minimum absolute atomic E-state index is 0.105. The van der Waals surface area contributed by atoms with Crippen molar-refractivity contribution in [2.45, 2.75) is 50.5 Å². The summed E-state index contributed by atoms with van der Waals surface area (Å²) in [5, 5.41) is 10.3. The zero-order chi connectivity index (χ0) is 17.6. The van der Waals surface area contributed by atoms with Crippen molar-refractivity contribution < 1.29 is 14.6 Å². The molecule has 1 saturated carbocycles. The van der Waals surface area contributed by atoms with Gasteiger partial charge in [-0.2, -0.15) is 0 Å². The molecule has 1 N–H and O–H groups in total. The highest BCUT2D eigenvalue weighted by atomic mass is 16.5. The molecule has 0 radical (unpaired) electrons. The van der Waals surface area contributed by atoms with E-state index in [4.69, 9.17) is 4.74 Å². The van der Waals surface area contributed by atoms with Crippen LogP contribution in [0.25, 0.3) is 0 Å². The van der Waals surface area contributed by atoms with E-state index in [0.29, 0.717) is 12.5 Å². The van der Waals surface area contributed by atoms with Crippen LogP contribution in [0.1, 0.15) is 42.4 Å². The summed E-state index contributed by atoms with van der Waals surface area (Å²) in [5.41, 5.74) is 3.56. The number of hydrogen-bond donors (Lipinski definition) is 1. The second-order valence-electron chi connectivity index (χ2n) is 8.32. The Morgan fingerprint density at radius 2 is 2.20 bits per heavy atom. The monoisotopic (exact) mass is 343 g/mol. The molecule has 0 spiro atoms. The Kier molecular flexibility index (Phi) is 4.37. The van der Waals surface area contributed by atoms with Gasteiger partial charge in [0.25, 0.3) is 0 Å². The maximum Gasteiger partial charge on any atom is 0.306 e. The number of aliphatic hydroxyl groups excluding tert-OH is 1. The first-order valence-corrected chi connectivity index (χ1v) is 9.59. The molecule has 1 heterocycles. The fourth-order valence-corrected chi connectivity index (χ4v) is 5.28. The molecule has 0 amide bonds. The summed E-state index contributed by atoms with van der Waals surface area (Å²) >= 11 is 0. The molecule has 0 unspecified atom stereocenters. The van der Waals surface area contributed by atoms with Crippen LogP contribution in [0.4, 0.5) is 0 Å². The molecule has 0 aromatic heterocycles. The first-order valence-electron chi connectivity index (χ1n) is 9.59. The molecule has 1 aromatic carbocycles.